The lowest BCUT2D eigenvalue weighted by atomic mass is 9.89. The number of nitrogens with one attached hydrogen (secondary N) is 1. The predicted octanol–water partition coefficient (Wildman–Crippen LogP) is 2.44. The van der Waals surface area contributed by atoms with Crippen molar-refractivity contribution in [2.45, 2.75) is 39.7 Å². The second kappa shape index (κ2) is 7.63. The van der Waals surface area contributed by atoms with E-state index in [1.807, 2.05) is 31.2 Å². The molecule has 1 aliphatic carbocycles. The normalized spacial score (nSPS) is 16.4. The van der Waals surface area contributed by atoms with Gasteiger partial charge in [-0.05, 0) is 43.2 Å². The number of amides is 1. The quantitative estimate of drug-likeness (QED) is 0.543. The van der Waals surface area contributed by atoms with Gasteiger partial charge < -0.3 is 0 Å². The van der Waals surface area contributed by atoms with Crippen LogP contribution in [-0.4, -0.2) is 27.1 Å². The van der Waals surface area contributed by atoms with Crippen LogP contribution in [0.5, 0.6) is 0 Å². The number of aromatic nitrogens is 3. The van der Waals surface area contributed by atoms with Crippen molar-refractivity contribution in [3.05, 3.63) is 56.2 Å². The molecule has 7 nitrogen and oxygen atoms in total. The number of hydrogen-bond donors (Lipinski definition) is 1. The molecule has 0 unspecified atom stereocenters. The van der Waals surface area contributed by atoms with Gasteiger partial charge in [0.2, 0.25) is 0 Å². The standard InChI is InChI=1S/C20H21N5O2S/c1-12-3-6-14(7-4-12)10-21-22-17(26)11-25-20(27)18-15-8-5-13(2)9-16(15)28-19(18)23-24-25/h3-4,6-7,10,13H,5,8-9,11H2,1-2H3,(H,22,26)/b21-10-/t13-/m0/s1. The number of carbonyl (C=O) groups excluding carboxylic acids is 1. The van der Waals surface area contributed by atoms with Crippen LogP contribution in [-0.2, 0) is 24.2 Å². The molecule has 0 spiro atoms. The molecule has 3 aromatic rings. The third kappa shape index (κ3) is 3.73. The van der Waals surface area contributed by atoms with Gasteiger partial charge in [0, 0.05) is 4.88 Å². The van der Waals surface area contributed by atoms with Gasteiger partial charge in [0.1, 0.15) is 6.54 Å². The molecule has 28 heavy (non-hydrogen) atoms. The molecular formula is C20H21N5O2S. The van der Waals surface area contributed by atoms with Crippen molar-refractivity contribution < 1.29 is 4.79 Å². The molecule has 0 saturated carbocycles. The molecule has 2 heterocycles. The summed E-state index contributed by atoms with van der Waals surface area (Å²) in [4.78, 5) is 26.9. The van der Waals surface area contributed by atoms with E-state index in [0.29, 0.717) is 16.1 Å². The number of rotatable bonds is 4. The van der Waals surface area contributed by atoms with Crippen molar-refractivity contribution in [2.24, 2.45) is 11.0 Å². The third-order valence-corrected chi connectivity index (χ3v) is 6.10. The molecule has 8 heteroatoms. The van der Waals surface area contributed by atoms with Crippen LogP contribution in [0.3, 0.4) is 0 Å². The first kappa shape index (κ1) is 18.5. The Morgan fingerprint density at radius 1 is 1.39 bits per heavy atom. The lowest BCUT2D eigenvalue weighted by Crippen LogP contribution is -2.32. The Balaban J connectivity index is 1.50. The van der Waals surface area contributed by atoms with E-state index in [4.69, 9.17) is 0 Å². The number of carbonyl (C=O) groups is 1. The summed E-state index contributed by atoms with van der Waals surface area (Å²) in [6, 6.07) is 7.76. The minimum atomic E-state index is -0.420. The van der Waals surface area contributed by atoms with E-state index in [1.165, 1.54) is 4.88 Å². The van der Waals surface area contributed by atoms with Crippen LogP contribution in [0.2, 0.25) is 0 Å². The Kier molecular flexibility index (Phi) is 5.04. The lowest BCUT2D eigenvalue weighted by molar-refractivity contribution is -0.121. The average molecular weight is 395 g/mol. The summed E-state index contributed by atoms with van der Waals surface area (Å²) < 4.78 is 1.12. The highest BCUT2D eigenvalue weighted by molar-refractivity contribution is 7.18. The van der Waals surface area contributed by atoms with Crippen molar-refractivity contribution in [2.75, 3.05) is 0 Å². The molecule has 0 aliphatic heterocycles. The number of hydrogen-bond acceptors (Lipinski definition) is 6. The van der Waals surface area contributed by atoms with Crippen molar-refractivity contribution in [1.82, 2.24) is 20.4 Å². The summed E-state index contributed by atoms with van der Waals surface area (Å²) in [7, 11) is 0. The largest absolute Gasteiger partial charge is 0.279 e. The van der Waals surface area contributed by atoms with Crippen LogP contribution in [0.1, 0.15) is 34.9 Å². The number of nitrogens with zero attached hydrogens (tertiary/aromatic N) is 4. The zero-order chi connectivity index (χ0) is 19.7. The topological polar surface area (TPSA) is 89.2 Å². The molecule has 0 fully saturated rings. The minimum absolute atomic E-state index is 0.214. The molecule has 1 amide bonds. The van der Waals surface area contributed by atoms with E-state index >= 15 is 0 Å². The lowest BCUT2D eigenvalue weighted by Gasteiger charge is -2.17. The van der Waals surface area contributed by atoms with Crippen LogP contribution >= 0.6 is 11.3 Å². The van der Waals surface area contributed by atoms with E-state index in [2.05, 4.69) is 27.8 Å². The van der Waals surface area contributed by atoms with E-state index < -0.39 is 5.91 Å². The zero-order valence-electron chi connectivity index (χ0n) is 15.8. The van der Waals surface area contributed by atoms with Crippen LogP contribution in [0.4, 0.5) is 0 Å². The average Bonchev–Trinajstić information content (AvgIpc) is 3.04. The maximum atomic E-state index is 12.9. The minimum Gasteiger partial charge on any atom is -0.271 e. The predicted molar refractivity (Wildman–Crippen MR) is 110 cm³/mol. The highest BCUT2D eigenvalue weighted by Gasteiger charge is 2.24. The van der Waals surface area contributed by atoms with Crippen molar-refractivity contribution >= 4 is 33.7 Å². The van der Waals surface area contributed by atoms with E-state index in [1.54, 1.807) is 17.6 Å². The van der Waals surface area contributed by atoms with Gasteiger partial charge in [0.25, 0.3) is 11.5 Å². The second-order valence-corrected chi connectivity index (χ2v) is 8.37. The van der Waals surface area contributed by atoms with Gasteiger partial charge in [0.05, 0.1) is 11.6 Å². The highest BCUT2D eigenvalue weighted by Crippen LogP contribution is 2.35. The molecule has 0 radical (unpaired) electrons. The molecular weight excluding hydrogens is 374 g/mol. The first-order valence-corrected chi connectivity index (χ1v) is 10.1. The van der Waals surface area contributed by atoms with Crippen LogP contribution in [0.25, 0.3) is 10.2 Å². The summed E-state index contributed by atoms with van der Waals surface area (Å²) >= 11 is 1.55. The van der Waals surface area contributed by atoms with Crippen molar-refractivity contribution in [1.29, 1.82) is 0 Å². The van der Waals surface area contributed by atoms with Gasteiger partial charge in [-0.1, -0.05) is 42.0 Å². The van der Waals surface area contributed by atoms with Gasteiger partial charge in [-0.25, -0.2) is 10.1 Å². The summed E-state index contributed by atoms with van der Waals surface area (Å²) in [5, 5.41) is 12.7. The number of aryl methyl sites for hydroxylation is 2. The van der Waals surface area contributed by atoms with Gasteiger partial charge in [-0.15, -0.1) is 16.4 Å². The SMILES string of the molecule is Cc1ccc(/C=N\NC(=O)Cn2nnc3sc4c(c3c2=O)CC[C@H](C)C4)cc1. The first-order chi connectivity index (χ1) is 13.5. The molecule has 4 rings (SSSR count). The maximum absolute atomic E-state index is 12.9. The summed E-state index contributed by atoms with van der Waals surface area (Å²) in [5.74, 6) is 0.199. The smallest absolute Gasteiger partial charge is 0.271 e. The monoisotopic (exact) mass is 395 g/mol. The van der Waals surface area contributed by atoms with Gasteiger partial charge in [-0.3, -0.25) is 9.59 Å². The maximum Gasteiger partial charge on any atom is 0.279 e. The summed E-state index contributed by atoms with van der Waals surface area (Å²) in [6.07, 6.45) is 4.48. The fourth-order valence-corrected chi connectivity index (χ4v) is 4.72. The van der Waals surface area contributed by atoms with Crippen molar-refractivity contribution in [3.63, 3.8) is 0 Å². The molecule has 144 valence electrons. The first-order valence-electron chi connectivity index (χ1n) is 9.28. The van der Waals surface area contributed by atoms with E-state index in [-0.39, 0.29) is 12.1 Å². The van der Waals surface area contributed by atoms with Crippen LogP contribution in [0.15, 0.2) is 34.2 Å². The van der Waals surface area contributed by atoms with Gasteiger partial charge >= 0.3 is 0 Å². The number of hydrazone groups is 1. The molecule has 2 aromatic heterocycles. The highest BCUT2D eigenvalue weighted by atomic mass is 32.1. The number of benzene rings is 1. The summed E-state index contributed by atoms with van der Waals surface area (Å²) in [5.41, 5.74) is 5.30. The molecule has 1 aromatic carbocycles. The number of fused-ring (bicyclic) bond motifs is 3. The van der Waals surface area contributed by atoms with Gasteiger partial charge in [-0.2, -0.15) is 5.10 Å². The third-order valence-electron chi connectivity index (χ3n) is 4.96. The second-order valence-electron chi connectivity index (χ2n) is 7.29. The number of thiophene rings is 1. The summed E-state index contributed by atoms with van der Waals surface area (Å²) in [6.45, 7) is 4.01. The fourth-order valence-electron chi connectivity index (χ4n) is 3.40. The Hall–Kier alpha value is -2.87. The molecule has 1 atom stereocenters. The van der Waals surface area contributed by atoms with Crippen molar-refractivity contribution in [3.8, 4) is 0 Å². The van der Waals surface area contributed by atoms with Crippen LogP contribution < -0.4 is 11.0 Å². The molecule has 1 N–H and O–H groups in total. The fraction of sp³-hybridized carbons (Fsp3) is 0.350. The van der Waals surface area contributed by atoms with Gasteiger partial charge in [0.15, 0.2) is 4.83 Å². The zero-order valence-corrected chi connectivity index (χ0v) is 16.6. The van der Waals surface area contributed by atoms with Crippen LogP contribution in [0, 0.1) is 12.8 Å². The molecule has 0 bridgehead atoms. The Bertz CT molecular complexity index is 1110. The Labute approximate surface area is 166 Å². The molecule has 1 aliphatic rings. The molecule has 0 saturated heterocycles. The van der Waals surface area contributed by atoms with E-state index in [9.17, 15) is 9.59 Å². The van der Waals surface area contributed by atoms with E-state index in [0.717, 1.165) is 40.6 Å². The Morgan fingerprint density at radius 2 is 2.18 bits per heavy atom. The Morgan fingerprint density at radius 3 is 2.96 bits per heavy atom.